The monoisotopic (exact) mass is 230 g/mol. The Labute approximate surface area is 97.1 Å². The first kappa shape index (κ1) is 14.9. The molecule has 0 aromatic carbocycles. The predicted octanol–water partition coefficient (Wildman–Crippen LogP) is 0.396. The standard InChI is InChI=1S/C11H22N2O3/c1-6-13(10(15)8-16-5)7-9(14)12-11(2,3)4/h6-8H2,1-5H3,(H,12,14). The molecular weight excluding hydrogens is 208 g/mol. The number of methoxy groups -OCH3 is 1. The summed E-state index contributed by atoms with van der Waals surface area (Å²) in [7, 11) is 1.46. The van der Waals surface area contributed by atoms with Crippen molar-refractivity contribution in [3.8, 4) is 0 Å². The van der Waals surface area contributed by atoms with Gasteiger partial charge >= 0.3 is 0 Å². The Morgan fingerprint density at radius 1 is 1.31 bits per heavy atom. The number of nitrogens with one attached hydrogen (secondary N) is 1. The molecule has 0 aliphatic heterocycles. The molecule has 0 spiro atoms. The number of likely N-dealkylation sites (N-methyl/N-ethyl adjacent to an activating group) is 1. The fourth-order valence-electron chi connectivity index (χ4n) is 1.22. The number of hydrogen-bond acceptors (Lipinski definition) is 3. The first-order valence-electron chi connectivity index (χ1n) is 5.38. The molecule has 0 saturated heterocycles. The van der Waals surface area contributed by atoms with E-state index in [9.17, 15) is 9.59 Å². The highest BCUT2D eigenvalue weighted by Crippen LogP contribution is 1.99. The van der Waals surface area contributed by atoms with Crippen LogP contribution in [0.3, 0.4) is 0 Å². The van der Waals surface area contributed by atoms with E-state index in [0.29, 0.717) is 6.54 Å². The molecule has 0 saturated carbocycles. The van der Waals surface area contributed by atoms with Crippen LogP contribution in [-0.2, 0) is 14.3 Å². The summed E-state index contributed by atoms with van der Waals surface area (Å²) in [6, 6.07) is 0. The number of carbonyl (C=O) groups is 2. The molecule has 0 aliphatic carbocycles. The van der Waals surface area contributed by atoms with Gasteiger partial charge in [-0.05, 0) is 27.7 Å². The van der Waals surface area contributed by atoms with Crippen molar-refractivity contribution in [2.75, 3.05) is 26.8 Å². The number of carbonyl (C=O) groups excluding carboxylic acids is 2. The number of amides is 2. The Morgan fingerprint density at radius 2 is 1.88 bits per heavy atom. The van der Waals surface area contributed by atoms with Gasteiger partial charge in [-0.25, -0.2) is 0 Å². The molecule has 0 radical (unpaired) electrons. The van der Waals surface area contributed by atoms with Crippen molar-refractivity contribution < 1.29 is 14.3 Å². The molecule has 0 aromatic rings. The molecule has 0 atom stereocenters. The molecule has 5 nitrogen and oxygen atoms in total. The molecule has 1 N–H and O–H groups in total. The van der Waals surface area contributed by atoms with Crippen molar-refractivity contribution in [2.24, 2.45) is 0 Å². The van der Waals surface area contributed by atoms with Crippen molar-refractivity contribution in [2.45, 2.75) is 33.2 Å². The van der Waals surface area contributed by atoms with E-state index in [4.69, 9.17) is 4.74 Å². The van der Waals surface area contributed by atoms with Crippen LogP contribution in [0.5, 0.6) is 0 Å². The molecule has 0 aliphatic rings. The lowest BCUT2D eigenvalue weighted by Crippen LogP contribution is -2.47. The fourth-order valence-corrected chi connectivity index (χ4v) is 1.22. The third-order valence-electron chi connectivity index (χ3n) is 1.85. The van der Waals surface area contributed by atoms with Gasteiger partial charge in [0.1, 0.15) is 6.61 Å². The average molecular weight is 230 g/mol. The molecule has 0 fully saturated rings. The Morgan fingerprint density at radius 3 is 2.25 bits per heavy atom. The highest BCUT2D eigenvalue weighted by atomic mass is 16.5. The minimum atomic E-state index is -0.277. The summed E-state index contributed by atoms with van der Waals surface area (Å²) in [6.45, 7) is 8.12. The van der Waals surface area contributed by atoms with Crippen LogP contribution >= 0.6 is 0 Å². The average Bonchev–Trinajstić information content (AvgIpc) is 2.11. The smallest absolute Gasteiger partial charge is 0.249 e. The third-order valence-corrected chi connectivity index (χ3v) is 1.85. The zero-order valence-electron chi connectivity index (χ0n) is 10.8. The maximum Gasteiger partial charge on any atom is 0.249 e. The van der Waals surface area contributed by atoms with E-state index in [1.54, 1.807) is 0 Å². The molecule has 94 valence electrons. The van der Waals surface area contributed by atoms with Gasteiger partial charge < -0.3 is 15.0 Å². The van der Waals surface area contributed by atoms with Crippen molar-refractivity contribution >= 4 is 11.8 Å². The SMILES string of the molecule is CCN(CC(=O)NC(C)(C)C)C(=O)COC. The van der Waals surface area contributed by atoms with E-state index in [1.807, 2.05) is 27.7 Å². The molecule has 0 aromatic heterocycles. The Kier molecular flexibility index (Phi) is 6.03. The lowest BCUT2D eigenvalue weighted by atomic mass is 10.1. The second kappa shape index (κ2) is 6.48. The zero-order chi connectivity index (χ0) is 12.8. The molecule has 5 heteroatoms. The van der Waals surface area contributed by atoms with Gasteiger partial charge in [-0.1, -0.05) is 0 Å². The largest absolute Gasteiger partial charge is 0.375 e. The molecule has 0 unspecified atom stereocenters. The summed E-state index contributed by atoms with van der Waals surface area (Å²) < 4.78 is 4.75. The van der Waals surface area contributed by atoms with Crippen molar-refractivity contribution in [3.63, 3.8) is 0 Å². The summed E-state index contributed by atoms with van der Waals surface area (Å²) >= 11 is 0. The second-order valence-electron chi connectivity index (χ2n) is 4.64. The van der Waals surface area contributed by atoms with E-state index >= 15 is 0 Å². The first-order valence-corrected chi connectivity index (χ1v) is 5.38. The van der Waals surface area contributed by atoms with Crippen LogP contribution in [0.1, 0.15) is 27.7 Å². The van der Waals surface area contributed by atoms with E-state index < -0.39 is 0 Å². The van der Waals surface area contributed by atoms with Gasteiger partial charge in [-0.3, -0.25) is 9.59 Å². The van der Waals surface area contributed by atoms with Crippen molar-refractivity contribution in [3.05, 3.63) is 0 Å². The van der Waals surface area contributed by atoms with Crippen molar-refractivity contribution in [1.29, 1.82) is 0 Å². The molecule has 0 rings (SSSR count). The van der Waals surface area contributed by atoms with Crippen LogP contribution in [-0.4, -0.2) is 49.1 Å². The van der Waals surface area contributed by atoms with Gasteiger partial charge in [-0.15, -0.1) is 0 Å². The van der Waals surface area contributed by atoms with Crippen LogP contribution in [0.25, 0.3) is 0 Å². The Hall–Kier alpha value is -1.10. The second-order valence-corrected chi connectivity index (χ2v) is 4.64. The van der Waals surface area contributed by atoms with E-state index in [1.165, 1.54) is 12.0 Å². The quantitative estimate of drug-likeness (QED) is 0.743. The third kappa shape index (κ3) is 6.40. The summed E-state index contributed by atoms with van der Waals surface area (Å²) in [4.78, 5) is 24.6. The van der Waals surface area contributed by atoms with Gasteiger partial charge in [-0.2, -0.15) is 0 Å². The molecule has 16 heavy (non-hydrogen) atoms. The molecule has 2 amide bonds. The lowest BCUT2D eigenvalue weighted by Gasteiger charge is -2.24. The van der Waals surface area contributed by atoms with Crippen LogP contribution in [0.4, 0.5) is 0 Å². The highest BCUT2D eigenvalue weighted by molar-refractivity contribution is 5.85. The Bertz CT molecular complexity index is 246. The molecule has 0 bridgehead atoms. The summed E-state index contributed by atoms with van der Waals surface area (Å²) in [6.07, 6.45) is 0. The van der Waals surface area contributed by atoms with Crippen LogP contribution < -0.4 is 5.32 Å². The number of rotatable bonds is 5. The van der Waals surface area contributed by atoms with Gasteiger partial charge in [0.05, 0.1) is 6.54 Å². The van der Waals surface area contributed by atoms with Crippen LogP contribution in [0, 0.1) is 0 Å². The van der Waals surface area contributed by atoms with Gasteiger partial charge in [0.25, 0.3) is 0 Å². The van der Waals surface area contributed by atoms with E-state index in [2.05, 4.69) is 5.32 Å². The summed E-state index contributed by atoms with van der Waals surface area (Å²) in [5.74, 6) is -0.326. The number of ether oxygens (including phenoxy) is 1. The minimum Gasteiger partial charge on any atom is -0.375 e. The van der Waals surface area contributed by atoms with Gasteiger partial charge in [0.15, 0.2) is 0 Å². The normalized spacial score (nSPS) is 11.1. The first-order chi connectivity index (χ1) is 7.30. The highest BCUT2D eigenvalue weighted by Gasteiger charge is 2.18. The topological polar surface area (TPSA) is 58.6 Å². The zero-order valence-corrected chi connectivity index (χ0v) is 10.8. The predicted molar refractivity (Wildman–Crippen MR) is 62.0 cm³/mol. The van der Waals surface area contributed by atoms with Gasteiger partial charge in [0.2, 0.25) is 11.8 Å². The Balaban J connectivity index is 4.22. The van der Waals surface area contributed by atoms with Crippen LogP contribution in [0.15, 0.2) is 0 Å². The fraction of sp³-hybridized carbons (Fsp3) is 0.818. The van der Waals surface area contributed by atoms with Gasteiger partial charge in [0, 0.05) is 19.2 Å². The van der Waals surface area contributed by atoms with Crippen molar-refractivity contribution in [1.82, 2.24) is 10.2 Å². The maximum atomic E-state index is 11.6. The molecular formula is C11H22N2O3. The van der Waals surface area contributed by atoms with Crippen LogP contribution in [0.2, 0.25) is 0 Å². The number of hydrogen-bond donors (Lipinski definition) is 1. The minimum absolute atomic E-state index is 0.0106. The van der Waals surface area contributed by atoms with E-state index in [-0.39, 0.29) is 30.5 Å². The summed E-state index contributed by atoms with van der Waals surface area (Å²) in [5, 5.41) is 2.81. The maximum absolute atomic E-state index is 11.6. The number of nitrogens with zero attached hydrogens (tertiary/aromatic N) is 1. The summed E-state index contributed by atoms with van der Waals surface area (Å²) in [5.41, 5.74) is -0.277. The lowest BCUT2D eigenvalue weighted by molar-refractivity contribution is -0.139. The van der Waals surface area contributed by atoms with E-state index in [0.717, 1.165) is 0 Å². The molecule has 0 heterocycles.